The summed E-state index contributed by atoms with van der Waals surface area (Å²) in [6, 6.07) is 1.87. The zero-order valence-electron chi connectivity index (χ0n) is 12.3. The Labute approximate surface area is 124 Å². The van der Waals surface area contributed by atoms with Gasteiger partial charge in [-0.3, -0.25) is 4.90 Å². The highest BCUT2D eigenvalue weighted by Gasteiger charge is 2.50. The van der Waals surface area contributed by atoms with E-state index in [4.69, 9.17) is 0 Å². The van der Waals surface area contributed by atoms with Gasteiger partial charge in [-0.05, 0) is 25.8 Å². The zero-order chi connectivity index (χ0) is 14.3. The third kappa shape index (κ3) is 2.10. The SMILES string of the molecule is Cc1[nH]cnc1CN1CCC2(CCN2c2ncccn2)C1. The Morgan fingerprint density at radius 1 is 1.19 bits per heavy atom. The molecule has 2 aromatic rings. The molecule has 2 saturated heterocycles. The fraction of sp³-hybridized carbons (Fsp3) is 0.533. The maximum absolute atomic E-state index is 4.41. The van der Waals surface area contributed by atoms with Crippen LogP contribution in [0.4, 0.5) is 5.95 Å². The fourth-order valence-electron chi connectivity index (χ4n) is 3.54. The van der Waals surface area contributed by atoms with Crippen LogP contribution in [0.1, 0.15) is 24.2 Å². The van der Waals surface area contributed by atoms with Crippen molar-refractivity contribution < 1.29 is 0 Å². The van der Waals surface area contributed by atoms with Gasteiger partial charge in [-0.1, -0.05) is 0 Å². The molecule has 0 radical (unpaired) electrons. The molecule has 110 valence electrons. The monoisotopic (exact) mass is 284 g/mol. The van der Waals surface area contributed by atoms with Crippen molar-refractivity contribution in [3.05, 3.63) is 36.2 Å². The van der Waals surface area contributed by atoms with Gasteiger partial charge in [0.1, 0.15) is 0 Å². The van der Waals surface area contributed by atoms with Crippen LogP contribution >= 0.6 is 0 Å². The first-order valence-electron chi connectivity index (χ1n) is 7.53. The van der Waals surface area contributed by atoms with Gasteiger partial charge in [0.05, 0.1) is 17.6 Å². The summed E-state index contributed by atoms with van der Waals surface area (Å²) in [4.78, 5) is 21.3. The van der Waals surface area contributed by atoms with E-state index in [1.807, 2.05) is 18.5 Å². The normalized spacial score (nSPS) is 25.5. The summed E-state index contributed by atoms with van der Waals surface area (Å²) in [6.07, 6.45) is 7.86. The number of H-pyrrole nitrogens is 1. The van der Waals surface area contributed by atoms with Gasteiger partial charge >= 0.3 is 0 Å². The summed E-state index contributed by atoms with van der Waals surface area (Å²) in [5, 5.41) is 0. The molecule has 0 aromatic carbocycles. The standard InChI is InChI=1S/C15H20N6/c1-12-13(19-11-18-12)9-20-7-3-15(10-20)4-8-21(15)14-16-5-2-6-17-14/h2,5-6,11H,3-4,7-10H2,1H3,(H,18,19). The van der Waals surface area contributed by atoms with E-state index in [9.17, 15) is 0 Å². The summed E-state index contributed by atoms with van der Waals surface area (Å²) in [6.45, 7) is 6.29. The highest BCUT2D eigenvalue weighted by molar-refractivity contribution is 5.41. The Bertz CT molecular complexity index is 624. The lowest BCUT2D eigenvalue weighted by atomic mass is 9.84. The molecular formula is C15H20N6. The molecule has 2 fully saturated rings. The van der Waals surface area contributed by atoms with Gasteiger partial charge in [0.2, 0.25) is 5.95 Å². The molecule has 1 atom stereocenters. The second-order valence-electron chi connectivity index (χ2n) is 6.11. The molecule has 0 saturated carbocycles. The number of anilines is 1. The Morgan fingerprint density at radius 2 is 2.00 bits per heavy atom. The van der Waals surface area contributed by atoms with E-state index in [0.717, 1.165) is 37.8 Å². The molecule has 6 nitrogen and oxygen atoms in total. The topological polar surface area (TPSA) is 60.9 Å². The minimum absolute atomic E-state index is 0.242. The number of aryl methyl sites for hydroxylation is 1. The third-order valence-corrected chi connectivity index (χ3v) is 4.89. The smallest absolute Gasteiger partial charge is 0.225 e. The predicted molar refractivity (Wildman–Crippen MR) is 79.9 cm³/mol. The number of aromatic amines is 1. The van der Waals surface area contributed by atoms with Crippen molar-refractivity contribution in [1.82, 2.24) is 24.8 Å². The first kappa shape index (κ1) is 12.8. The van der Waals surface area contributed by atoms with E-state index in [2.05, 4.69) is 36.7 Å². The molecule has 1 spiro atoms. The average Bonchev–Trinajstić information content (AvgIpc) is 3.08. The molecule has 4 heterocycles. The van der Waals surface area contributed by atoms with Crippen LogP contribution in [0.2, 0.25) is 0 Å². The highest BCUT2D eigenvalue weighted by Crippen LogP contribution is 2.41. The Hall–Kier alpha value is -1.95. The Morgan fingerprint density at radius 3 is 2.67 bits per heavy atom. The van der Waals surface area contributed by atoms with Gasteiger partial charge in [0, 0.05) is 44.3 Å². The van der Waals surface area contributed by atoms with Crippen LogP contribution in [-0.4, -0.2) is 50.0 Å². The first-order valence-corrected chi connectivity index (χ1v) is 7.53. The van der Waals surface area contributed by atoms with Crippen LogP contribution in [0.3, 0.4) is 0 Å². The zero-order valence-corrected chi connectivity index (χ0v) is 12.3. The van der Waals surface area contributed by atoms with Gasteiger partial charge in [-0.2, -0.15) is 0 Å². The van der Waals surface area contributed by atoms with Crippen LogP contribution in [-0.2, 0) is 6.54 Å². The molecule has 2 aliphatic heterocycles. The van der Waals surface area contributed by atoms with E-state index >= 15 is 0 Å². The second kappa shape index (κ2) is 4.80. The maximum Gasteiger partial charge on any atom is 0.225 e. The van der Waals surface area contributed by atoms with Gasteiger partial charge in [-0.15, -0.1) is 0 Å². The van der Waals surface area contributed by atoms with Crippen molar-refractivity contribution in [2.45, 2.75) is 31.8 Å². The van der Waals surface area contributed by atoms with Crippen LogP contribution < -0.4 is 4.90 Å². The Balaban J connectivity index is 1.47. The van der Waals surface area contributed by atoms with Crippen molar-refractivity contribution in [3.8, 4) is 0 Å². The van der Waals surface area contributed by atoms with Crippen LogP contribution in [0.15, 0.2) is 24.8 Å². The van der Waals surface area contributed by atoms with Gasteiger partial charge < -0.3 is 9.88 Å². The molecule has 21 heavy (non-hydrogen) atoms. The number of hydrogen-bond donors (Lipinski definition) is 1. The van der Waals surface area contributed by atoms with Crippen molar-refractivity contribution in [1.29, 1.82) is 0 Å². The van der Waals surface area contributed by atoms with E-state index in [1.165, 1.54) is 18.5 Å². The number of likely N-dealkylation sites (tertiary alicyclic amines) is 1. The first-order chi connectivity index (χ1) is 10.3. The second-order valence-corrected chi connectivity index (χ2v) is 6.11. The quantitative estimate of drug-likeness (QED) is 0.922. The minimum atomic E-state index is 0.242. The summed E-state index contributed by atoms with van der Waals surface area (Å²) in [7, 11) is 0. The predicted octanol–water partition coefficient (Wildman–Crippen LogP) is 1.36. The van der Waals surface area contributed by atoms with Crippen LogP contribution in [0, 0.1) is 6.92 Å². The molecule has 2 aromatic heterocycles. The lowest BCUT2D eigenvalue weighted by Crippen LogP contribution is -2.62. The van der Waals surface area contributed by atoms with E-state index in [1.54, 1.807) is 6.33 Å². The molecule has 0 aliphatic carbocycles. The Kier molecular flexibility index (Phi) is 2.92. The number of hydrogen-bond acceptors (Lipinski definition) is 5. The number of aromatic nitrogens is 4. The number of imidazole rings is 1. The van der Waals surface area contributed by atoms with Crippen molar-refractivity contribution in [3.63, 3.8) is 0 Å². The summed E-state index contributed by atoms with van der Waals surface area (Å²) in [5.41, 5.74) is 2.58. The van der Waals surface area contributed by atoms with Gasteiger partial charge in [0.25, 0.3) is 0 Å². The van der Waals surface area contributed by atoms with Crippen molar-refractivity contribution >= 4 is 5.95 Å². The molecule has 2 aliphatic rings. The number of nitrogens with zero attached hydrogens (tertiary/aromatic N) is 5. The van der Waals surface area contributed by atoms with Crippen LogP contribution in [0.25, 0.3) is 0 Å². The molecule has 0 bridgehead atoms. The average molecular weight is 284 g/mol. The molecule has 0 amide bonds. The third-order valence-electron chi connectivity index (χ3n) is 4.89. The fourth-order valence-corrected chi connectivity index (χ4v) is 3.54. The summed E-state index contributed by atoms with van der Waals surface area (Å²) < 4.78 is 0. The minimum Gasteiger partial charge on any atom is -0.348 e. The molecule has 1 N–H and O–H groups in total. The van der Waals surface area contributed by atoms with E-state index in [-0.39, 0.29) is 5.54 Å². The van der Waals surface area contributed by atoms with Crippen molar-refractivity contribution in [2.24, 2.45) is 0 Å². The van der Waals surface area contributed by atoms with Crippen LogP contribution in [0.5, 0.6) is 0 Å². The van der Waals surface area contributed by atoms with E-state index in [0.29, 0.717) is 0 Å². The highest BCUT2D eigenvalue weighted by atomic mass is 15.4. The lowest BCUT2D eigenvalue weighted by Gasteiger charge is -2.50. The molecular weight excluding hydrogens is 264 g/mol. The summed E-state index contributed by atoms with van der Waals surface area (Å²) >= 11 is 0. The summed E-state index contributed by atoms with van der Waals surface area (Å²) in [5.74, 6) is 0.876. The number of rotatable bonds is 3. The molecule has 4 rings (SSSR count). The maximum atomic E-state index is 4.41. The largest absolute Gasteiger partial charge is 0.348 e. The van der Waals surface area contributed by atoms with Gasteiger partial charge in [0.15, 0.2) is 0 Å². The molecule has 6 heteroatoms. The molecule has 1 unspecified atom stereocenters. The van der Waals surface area contributed by atoms with Crippen molar-refractivity contribution in [2.75, 3.05) is 24.5 Å². The lowest BCUT2D eigenvalue weighted by molar-refractivity contribution is 0.242. The van der Waals surface area contributed by atoms with E-state index < -0.39 is 0 Å². The number of nitrogens with one attached hydrogen (secondary N) is 1. The van der Waals surface area contributed by atoms with Gasteiger partial charge in [-0.25, -0.2) is 15.0 Å².